The van der Waals surface area contributed by atoms with Crippen molar-refractivity contribution in [1.82, 2.24) is 10.2 Å². The quantitative estimate of drug-likeness (QED) is 0.836. The number of carbonyl (C=O) groups excluding carboxylic acids is 2. The van der Waals surface area contributed by atoms with E-state index in [2.05, 4.69) is 5.32 Å². The summed E-state index contributed by atoms with van der Waals surface area (Å²) in [7, 11) is 0. The minimum atomic E-state index is -0.530. The summed E-state index contributed by atoms with van der Waals surface area (Å²) in [6, 6.07) is 6.90. The zero-order valence-electron chi connectivity index (χ0n) is 13.7. The van der Waals surface area contributed by atoms with Gasteiger partial charge in [0.25, 0.3) is 0 Å². The molecule has 0 aliphatic carbocycles. The summed E-state index contributed by atoms with van der Waals surface area (Å²) in [5, 5.41) is 3.46. The molecule has 1 rings (SSSR count). The summed E-state index contributed by atoms with van der Waals surface area (Å²) in [6.45, 7) is 7.84. The standard InChI is InChI=1S/C17H25ClN2O2/c1-5-8-16(21)20(13(4)17(22)19-12(2)3)11-14-9-6-7-10-15(14)18/h6-7,9-10,12-13H,5,8,11H2,1-4H3,(H,19,22)/t13-/m0/s1. The molecule has 0 aliphatic rings. The summed E-state index contributed by atoms with van der Waals surface area (Å²) in [5.41, 5.74) is 0.845. The summed E-state index contributed by atoms with van der Waals surface area (Å²) in [5.74, 6) is -0.180. The van der Waals surface area contributed by atoms with Gasteiger partial charge in [0.15, 0.2) is 0 Å². The molecule has 0 aliphatic heterocycles. The van der Waals surface area contributed by atoms with Crippen LogP contribution in [0.25, 0.3) is 0 Å². The van der Waals surface area contributed by atoms with Crippen LogP contribution in [-0.2, 0) is 16.1 Å². The van der Waals surface area contributed by atoms with Gasteiger partial charge in [0.2, 0.25) is 11.8 Å². The number of carbonyl (C=O) groups is 2. The van der Waals surface area contributed by atoms with E-state index in [1.54, 1.807) is 17.9 Å². The number of nitrogens with one attached hydrogen (secondary N) is 1. The number of halogens is 1. The van der Waals surface area contributed by atoms with Crippen molar-refractivity contribution in [3.05, 3.63) is 34.9 Å². The highest BCUT2D eigenvalue weighted by Crippen LogP contribution is 2.19. The molecule has 22 heavy (non-hydrogen) atoms. The maximum absolute atomic E-state index is 12.4. The van der Waals surface area contributed by atoms with E-state index >= 15 is 0 Å². The van der Waals surface area contributed by atoms with E-state index in [4.69, 9.17) is 11.6 Å². The molecule has 4 nitrogen and oxygen atoms in total. The van der Waals surface area contributed by atoms with Crippen LogP contribution in [0.1, 0.15) is 46.1 Å². The van der Waals surface area contributed by atoms with E-state index in [0.717, 1.165) is 12.0 Å². The molecule has 2 amide bonds. The van der Waals surface area contributed by atoms with Crippen LogP contribution in [0.15, 0.2) is 24.3 Å². The molecule has 0 fully saturated rings. The van der Waals surface area contributed by atoms with Crippen LogP contribution in [0, 0.1) is 0 Å². The molecule has 1 aromatic rings. The molecule has 5 heteroatoms. The topological polar surface area (TPSA) is 49.4 Å². The molecule has 0 heterocycles. The van der Waals surface area contributed by atoms with Gasteiger partial charge < -0.3 is 10.2 Å². The lowest BCUT2D eigenvalue weighted by Gasteiger charge is -2.29. The lowest BCUT2D eigenvalue weighted by Crippen LogP contribution is -2.49. The number of nitrogens with zero attached hydrogens (tertiary/aromatic N) is 1. The highest BCUT2D eigenvalue weighted by atomic mass is 35.5. The van der Waals surface area contributed by atoms with Crippen molar-refractivity contribution in [2.45, 2.75) is 59.2 Å². The molecule has 122 valence electrons. The van der Waals surface area contributed by atoms with E-state index in [0.29, 0.717) is 18.0 Å². The van der Waals surface area contributed by atoms with Crippen LogP contribution in [0.5, 0.6) is 0 Å². The van der Waals surface area contributed by atoms with Crippen molar-refractivity contribution in [1.29, 1.82) is 0 Å². The predicted molar refractivity (Wildman–Crippen MR) is 89.7 cm³/mol. The summed E-state index contributed by atoms with van der Waals surface area (Å²) in [4.78, 5) is 26.2. The van der Waals surface area contributed by atoms with Crippen LogP contribution in [0.2, 0.25) is 5.02 Å². The van der Waals surface area contributed by atoms with Gasteiger partial charge in [0, 0.05) is 24.0 Å². The first-order valence-electron chi connectivity index (χ1n) is 7.70. The summed E-state index contributed by atoms with van der Waals surface area (Å²) in [6.07, 6.45) is 1.17. The van der Waals surface area contributed by atoms with Gasteiger partial charge >= 0.3 is 0 Å². The average molecular weight is 325 g/mol. The van der Waals surface area contributed by atoms with Crippen molar-refractivity contribution in [2.24, 2.45) is 0 Å². The predicted octanol–water partition coefficient (Wildman–Crippen LogP) is 3.38. The second-order valence-electron chi connectivity index (χ2n) is 5.70. The third kappa shape index (κ3) is 5.34. The number of rotatable bonds is 7. The number of hydrogen-bond acceptors (Lipinski definition) is 2. The molecule has 1 N–H and O–H groups in total. The summed E-state index contributed by atoms with van der Waals surface area (Å²) >= 11 is 6.18. The molecular weight excluding hydrogens is 300 g/mol. The van der Waals surface area contributed by atoms with Crippen molar-refractivity contribution < 1.29 is 9.59 Å². The lowest BCUT2D eigenvalue weighted by molar-refractivity contribution is -0.140. The lowest BCUT2D eigenvalue weighted by atomic mass is 10.1. The number of hydrogen-bond donors (Lipinski definition) is 1. The van der Waals surface area contributed by atoms with Crippen molar-refractivity contribution in [3.63, 3.8) is 0 Å². The first kappa shape index (κ1) is 18.5. The zero-order valence-corrected chi connectivity index (χ0v) is 14.5. The number of amides is 2. The average Bonchev–Trinajstić information content (AvgIpc) is 2.45. The van der Waals surface area contributed by atoms with Crippen LogP contribution >= 0.6 is 11.6 Å². The highest BCUT2D eigenvalue weighted by Gasteiger charge is 2.26. The molecule has 0 aromatic heterocycles. The third-order valence-corrected chi connectivity index (χ3v) is 3.73. The van der Waals surface area contributed by atoms with Gasteiger partial charge in [-0.1, -0.05) is 36.7 Å². The van der Waals surface area contributed by atoms with E-state index in [9.17, 15) is 9.59 Å². The van der Waals surface area contributed by atoms with Crippen LogP contribution in [-0.4, -0.2) is 28.8 Å². The SMILES string of the molecule is CCCC(=O)N(Cc1ccccc1Cl)[C@@H](C)C(=O)NC(C)C. The van der Waals surface area contributed by atoms with Gasteiger partial charge in [0.05, 0.1) is 0 Å². The Morgan fingerprint density at radius 1 is 1.23 bits per heavy atom. The normalized spacial score (nSPS) is 12.1. The Morgan fingerprint density at radius 3 is 2.41 bits per heavy atom. The Hall–Kier alpha value is -1.55. The fraction of sp³-hybridized carbons (Fsp3) is 0.529. The Bertz CT molecular complexity index is 517. The largest absolute Gasteiger partial charge is 0.352 e. The second-order valence-corrected chi connectivity index (χ2v) is 6.11. The molecule has 0 saturated heterocycles. The highest BCUT2D eigenvalue weighted by molar-refractivity contribution is 6.31. The molecule has 1 aromatic carbocycles. The van der Waals surface area contributed by atoms with E-state index in [1.165, 1.54) is 0 Å². The van der Waals surface area contributed by atoms with Crippen LogP contribution in [0.4, 0.5) is 0 Å². The monoisotopic (exact) mass is 324 g/mol. The van der Waals surface area contributed by atoms with E-state index in [-0.39, 0.29) is 17.9 Å². The Morgan fingerprint density at radius 2 is 1.86 bits per heavy atom. The second kappa shape index (κ2) is 8.79. The first-order chi connectivity index (χ1) is 10.4. The molecule has 0 spiro atoms. The maximum atomic E-state index is 12.4. The number of benzene rings is 1. The molecule has 0 bridgehead atoms. The van der Waals surface area contributed by atoms with Gasteiger partial charge in [-0.2, -0.15) is 0 Å². The maximum Gasteiger partial charge on any atom is 0.242 e. The Kier molecular flexibility index (Phi) is 7.39. The van der Waals surface area contributed by atoms with Gasteiger partial charge in [-0.3, -0.25) is 9.59 Å². The minimum Gasteiger partial charge on any atom is -0.352 e. The first-order valence-corrected chi connectivity index (χ1v) is 8.07. The molecule has 0 unspecified atom stereocenters. The van der Waals surface area contributed by atoms with Crippen LogP contribution in [0.3, 0.4) is 0 Å². The van der Waals surface area contributed by atoms with Crippen molar-refractivity contribution >= 4 is 23.4 Å². The van der Waals surface area contributed by atoms with E-state index < -0.39 is 6.04 Å². The zero-order chi connectivity index (χ0) is 16.7. The third-order valence-electron chi connectivity index (χ3n) is 3.36. The smallest absolute Gasteiger partial charge is 0.242 e. The van der Waals surface area contributed by atoms with Crippen molar-refractivity contribution in [3.8, 4) is 0 Å². The fourth-order valence-electron chi connectivity index (χ4n) is 2.16. The van der Waals surface area contributed by atoms with E-state index in [1.807, 2.05) is 39.0 Å². The van der Waals surface area contributed by atoms with Gasteiger partial charge in [0.1, 0.15) is 6.04 Å². The minimum absolute atomic E-state index is 0.0335. The van der Waals surface area contributed by atoms with Gasteiger partial charge in [-0.05, 0) is 38.8 Å². The molecule has 0 saturated carbocycles. The van der Waals surface area contributed by atoms with Gasteiger partial charge in [-0.15, -0.1) is 0 Å². The molecule has 1 atom stereocenters. The molecule has 0 radical (unpaired) electrons. The fourth-order valence-corrected chi connectivity index (χ4v) is 2.35. The van der Waals surface area contributed by atoms with Crippen molar-refractivity contribution in [2.75, 3.05) is 0 Å². The van der Waals surface area contributed by atoms with Crippen LogP contribution < -0.4 is 5.32 Å². The molecular formula is C17H25ClN2O2. The Balaban J connectivity index is 2.95. The van der Waals surface area contributed by atoms with Gasteiger partial charge in [-0.25, -0.2) is 0 Å². The summed E-state index contributed by atoms with van der Waals surface area (Å²) < 4.78 is 0. The Labute approximate surface area is 137 Å².